The summed E-state index contributed by atoms with van der Waals surface area (Å²) in [6, 6.07) is 29.8. The molecule has 5 aromatic rings. The number of amides is 1. The Kier molecular flexibility index (Phi) is 7.65. The predicted molar refractivity (Wildman–Crippen MR) is 145 cm³/mol. The Balaban J connectivity index is 1.24. The number of hydrogen-bond acceptors (Lipinski definition) is 7. The first-order valence-corrected chi connectivity index (χ1v) is 13.0. The molecule has 5 rings (SSSR count). The Morgan fingerprint density at radius 2 is 1.56 bits per heavy atom. The van der Waals surface area contributed by atoms with Crippen LogP contribution in [0.2, 0.25) is 0 Å². The lowest BCUT2D eigenvalue weighted by Gasteiger charge is -2.18. The maximum Gasteiger partial charge on any atom is 0.269 e. The first kappa shape index (κ1) is 23.7. The standard InChI is InChI=1S/C28H23N5OS2/c34-27(31-18-23(20-9-3-1-4-10-20)21-11-5-2-6-12-21)24-17-22(14-16-29-24)35-26-19-32-28(36-26)33-25-13-7-8-15-30-25/h1-17,19,23H,18H2,(H,31,34)(H,30,32,33). The smallest absolute Gasteiger partial charge is 0.269 e. The zero-order chi connectivity index (χ0) is 24.6. The van der Waals surface area contributed by atoms with Gasteiger partial charge >= 0.3 is 0 Å². The van der Waals surface area contributed by atoms with Gasteiger partial charge in [0.25, 0.3) is 5.91 Å². The molecule has 0 bridgehead atoms. The van der Waals surface area contributed by atoms with Crippen molar-refractivity contribution in [2.24, 2.45) is 0 Å². The minimum atomic E-state index is -0.198. The molecule has 0 unspecified atom stereocenters. The number of carbonyl (C=O) groups excluding carboxylic acids is 1. The van der Waals surface area contributed by atoms with Crippen LogP contribution in [0.4, 0.5) is 10.9 Å². The zero-order valence-corrected chi connectivity index (χ0v) is 20.9. The number of hydrogen-bond donors (Lipinski definition) is 2. The molecule has 0 radical (unpaired) electrons. The number of thiazole rings is 1. The number of aromatic nitrogens is 3. The Morgan fingerprint density at radius 3 is 2.25 bits per heavy atom. The van der Waals surface area contributed by atoms with E-state index in [4.69, 9.17) is 0 Å². The van der Waals surface area contributed by atoms with E-state index < -0.39 is 0 Å². The van der Waals surface area contributed by atoms with E-state index in [1.807, 2.05) is 72.9 Å². The topological polar surface area (TPSA) is 79.8 Å². The van der Waals surface area contributed by atoms with Gasteiger partial charge in [-0.2, -0.15) is 0 Å². The van der Waals surface area contributed by atoms with Crippen molar-refractivity contribution in [1.82, 2.24) is 20.3 Å². The van der Waals surface area contributed by atoms with E-state index in [1.54, 1.807) is 24.2 Å². The molecule has 0 fully saturated rings. The van der Waals surface area contributed by atoms with Crippen molar-refractivity contribution in [3.63, 3.8) is 0 Å². The van der Waals surface area contributed by atoms with Crippen molar-refractivity contribution in [1.29, 1.82) is 0 Å². The summed E-state index contributed by atoms with van der Waals surface area (Å²) in [6.07, 6.45) is 5.21. The van der Waals surface area contributed by atoms with E-state index in [9.17, 15) is 4.79 Å². The number of carbonyl (C=O) groups is 1. The summed E-state index contributed by atoms with van der Waals surface area (Å²) in [4.78, 5) is 26.9. The molecule has 3 aromatic heterocycles. The number of anilines is 2. The van der Waals surface area contributed by atoms with E-state index in [2.05, 4.69) is 49.9 Å². The van der Waals surface area contributed by atoms with Crippen molar-refractivity contribution >= 4 is 40.0 Å². The molecule has 36 heavy (non-hydrogen) atoms. The van der Waals surface area contributed by atoms with Gasteiger partial charge in [0, 0.05) is 29.8 Å². The Morgan fingerprint density at radius 1 is 0.833 bits per heavy atom. The van der Waals surface area contributed by atoms with E-state index in [0.29, 0.717) is 12.2 Å². The number of pyridine rings is 2. The van der Waals surface area contributed by atoms with Crippen molar-refractivity contribution in [3.05, 3.63) is 126 Å². The highest BCUT2D eigenvalue weighted by Gasteiger charge is 2.17. The Labute approximate surface area is 217 Å². The summed E-state index contributed by atoms with van der Waals surface area (Å²) >= 11 is 3.07. The van der Waals surface area contributed by atoms with E-state index in [-0.39, 0.29) is 11.8 Å². The summed E-state index contributed by atoms with van der Waals surface area (Å²) < 4.78 is 0.999. The van der Waals surface area contributed by atoms with Gasteiger partial charge in [-0.1, -0.05) is 89.8 Å². The maximum absolute atomic E-state index is 13.0. The largest absolute Gasteiger partial charge is 0.350 e. The van der Waals surface area contributed by atoms with Gasteiger partial charge in [0.15, 0.2) is 5.13 Å². The molecule has 3 heterocycles. The van der Waals surface area contributed by atoms with E-state index in [0.717, 1.165) is 31.2 Å². The molecule has 178 valence electrons. The van der Waals surface area contributed by atoms with Crippen LogP contribution >= 0.6 is 23.1 Å². The molecule has 0 saturated heterocycles. The van der Waals surface area contributed by atoms with Crippen LogP contribution < -0.4 is 10.6 Å². The molecule has 2 aromatic carbocycles. The molecule has 0 aliphatic carbocycles. The molecule has 6 nitrogen and oxygen atoms in total. The quantitative estimate of drug-likeness (QED) is 0.240. The Bertz CT molecular complexity index is 1370. The van der Waals surface area contributed by atoms with Gasteiger partial charge in [-0.3, -0.25) is 9.78 Å². The monoisotopic (exact) mass is 509 g/mol. The fourth-order valence-corrected chi connectivity index (χ4v) is 5.60. The molecule has 0 saturated carbocycles. The molecule has 1 amide bonds. The number of benzene rings is 2. The normalized spacial score (nSPS) is 10.8. The molecule has 2 N–H and O–H groups in total. The summed E-state index contributed by atoms with van der Waals surface area (Å²) in [5, 5.41) is 7.04. The summed E-state index contributed by atoms with van der Waals surface area (Å²) in [6.45, 7) is 0.476. The van der Waals surface area contributed by atoms with Gasteiger partial charge in [-0.05, 0) is 35.4 Å². The minimum Gasteiger partial charge on any atom is -0.350 e. The zero-order valence-electron chi connectivity index (χ0n) is 19.2. The third-order valence-electron chi connectivity index (χ3n) is 5.44. The maximum atomic E-state index is 13.0. The van der Waals surface area contributed by atoms with Crippen LogP contribution in [0.5, 0.6) is 0 Å². The van der Waals surface area contributed by atoms with Crippen LogP contribution in [-0.4, -0.2) is 27.4 Å². The molecule has 0 aliphatic heterocycles. The van der Waals surface area contributed by atoms with Gasteiger partial charge < -0.3 is 10.6 Å². The van der Waals surface area contributed by atoms with Gasteiger partial charge in [-0.25, -0.2) is 9.97 Å². The third-order valence-corrected chi connectivity index (χ3v) is 7.44. The second-order valence-electron chi connectivity index (χ2n) is 7.89. The van der Waals surface area contributed by atoms with Crippen LogP contribution in [-0.2, 0) is 0 Å². The fraction of sp³-hybridized carbons (Fsp3) is 0.0714. The number of nitrogens with zero attached hydrogens (tertiary/aromatic N) is 3. The van der Waals surface area contributed by atoms with Gasteiger partial charge in [0.1, 0.15) is 11.5 Å². The van der Waals surface area contributed by atoms with Gasteiger partial charge in [0.2, 0.25) is 0 Å². The highest BCUT2D eigenvalue weighted by molar-refractivity contribution is 8.01. The average molecular weight is 510 g/mol. The van der Waals surface area contributed by atoms with Crippen LogP contribution in [0.1, 0.15) is 27.5 Å². The highest BCUT2D eigenvalue weighted by Crippen LogP contribution is 2.34. The number of nitrogens with one attached hydrogen (secondary N) is 2. The molecule has 0 spiro atoms. The molecule has 8 heteroatoms. The minimum absolute atomic E-state index is 0.0520. The predicted octanol–water partition coefficient (Wildman–Crippen LogP) is 6.39. The average Bonchev–Trinajstić information content (AvgIpc) is 3.37. The Hall–Kier alpha value is -4.01. The van der Waals surface area contributed by atoms with Crippen molar-refractivity contribution in [2.75, 3.05) is 11.9 Å². The lowest BCUT2D eigenvalue weighted by Crippen LogP contribution is -2.29. The van der Waals surface area contributed by atoms with Crippen molar-refractivity contribution in [3.8, 4) is 0 Å². The third kappa shape index (κ3) is 6.16. The van der Waals surface area contributed by atoms with Crippen molar-refractivity contribution in [2.45, 2.75) is 15.0 Å². The number of rotatable bonds is 9. The first-order valence-electron chi connectivity index (χ1n) is 11.4. The first-order chi connectivity index (χ1) is 17.7. The molecular weight excluding hydrogens is 486 g/mol. The van der Waals surface area contributed by atoms with E-state index >= 15 is 0 Å². The SMILES string of the molecule is O=C(NCC(c1ccccc1)c1ccccc1)c1cc(Sc2cnc(Nc3ccccn3)s2)ccn1. The van der Waals surface area contributed by atoms with Crippen LogP contribution in [0.15, 0.2) is 119 Å². The second-order valence-corrected chi connectivity index (χ2v) is 10.3. The van der Waals surface area contributed by atoms with Gasteiger partial charge in [-0.15, -0.1) is 0 Å². The summed E-state index contributed by atoms with van der Waals surface area (Å²) in [5.74, 6) is 0.600. The van der Waals surface area contributed by atoms with Crippen LogP contribution in [0.3, 0.4) is 0 Å². The van der Waals surface area contributed by atoms with Crippen LogP contribution in [0.25, 0.3) is 0 Å². The lowest BCUT2D eigenvalue weighted by atomic mass is 9.91. The van der Waals surface area contributed by atoms with Gasteiger partial charge in [0.05, 0.1) is 10.4 Å². The lowest BCUT2D eigenvalue weighted by molar-refractivity contribution is 0.0947. The highest BCUT2D eigenvalue weighted by atomic mass is 32.2. The van der Waals surface area contributed by atoms with Crippen LogP contribution in [0, 0.1) is 0 Å². The molecule has 0 aliphatic rings. The summed E-state index contributed by atoms with van der Waals surface area (Å²) in [7, 11) is 0. The molecular formula is C28H23N5OS2. The van der Waals surface area contributed by atoms with Crippen molar-refractivity contribution < 1.29 is 4.79 Å². The fourth-order valence-electron chi connectivity index (χ4n) is 3.71. The second kappa shape index (κ2) is 11.6. The summed E-state index contributed by atoms with van der Waals surface area (Å²) in [5.41, 5.74) is 2.69. The van der Waals surface area contributed by atoms with E-state index in [1.165, 1.54) is 11.3 Å². The molecule has 0 atom stereocenters.